The van der Waals surface area contributed by atoms with E-state index in [9.17, 15) is 14.8 Å². The van der Waals surface area contributed by atoms with Crippen LogP contribution in [0.4, 0.5) is 10.1 Å². The van der Waals surface area contributed by atoms with Crippen LogP contribution in [0.3, 0.4) is 0 Å². The number of pyridine rings is 1. The average Bonchev–Trinajstić information content (AvgIpc) is 3.02. The van der Waals surface area contributed by atoms with Gasteiger partial charge in [0.25, 0.3) is 0 Å². The van der Waals surface area contributed by atoms with Crippen molar-refractivity contribution in [1.29, 1.82) is 5.26 Å². The summed E-state index contributed by atoms with van der Waals surface area (Å²) in [4.78, 5) is 4.05. The van der Waals surface area contributed by atoms with E-state index in [1.54, 1.807) is 0 Å². The molecule has 0 aliphatic heterocycles. The smallest absolute Gasteiger partial charge is 0.157 e. The van der Waals surface area contributed by atoms with Crippen molar-refractivity contribution in [3.8, 4) is 17.2 Å². The lowest BCUT2D eigenvalue weighted by atomic mass is 9.93. The van der Waals surface area contributed by atoms with Gasteiger partial charge in [0.05, 0.1) is 29.6 Å². The van der Waals surface area contributed by atoms with Gasteiger partial charge in [-0.1, -0.05) is 0 Å². The Morgan fingerprint density at radius 1 is 1.22 bits per heavy atom. The summed E-state index contributed by atoms with van der Waals surface area (Å²) in [5.41, 5.74) is 9.16. The largest absolute Gasteiger partial charge is 0.395 e. The van der Waals surface area contributed by atoms with Crippen LogP contribution in [0.2, 0.25) is 0 Å². The number of benzene rings is 1. The number of aromatic nitrogens is 2. The third kappa shape index (κ3) is 2.94. The van der Waals surface area contributed by atoms with Crippen LogP contribution in [0, 0.1) is 24.1 Å². The monoisotopic (exact) mass is 364 g/mol. The van der Waals surface area contributed by atoms with E-state index in [0.717, 1.165) is 42.1 Å². The van der Waals surface area contributed by atoms with E-state index in [1.807, 2.05) is 25.3 Å². The third-order valence-corrected chi connectivity index (χ3v) is 5.56. The number of nitrogens with zero attached hydrogens (tertiary/aromatic N) is 3. The van der Waals surface area contributed by atoms with Crippen LogP contribution < -0.4 is 5.73 Å². The lowest BCUT2D eigenvalue weighted by Gasteiger charge is -2.27. The molecule has 5 nitrogen and oxygen atoms in total. The highest BCUT2D eigenvalue weighted by atomic mass is 19.1. The molecule has 0 saturated heterocycles. The quantitative estimate of drug-likeness (QED) is 0.717. The van der Waals surface area contributed by atoms with Crippen LogP contribution in [0.15, 0.2) is 30.7 Å². The molecule has 138 valence electrons. The van der Waals surface area contributed by atoms with Gasteiger partial charge in [-0.05, 0) is 50.3 Å². The van der Waals surface area contributed by atoms with Crippen LogP contribution in [-0.4, -0.2) is 20.8 Å². The minimum absolute atomic E-state index is 0.00167. The zero-order valence-electron chi connectivity index (χ0n) is 15.1. The normalized spacial score (nSPS) is 19.9. The molecule has 1 fully saturated rings. The molecule has 1 aromatic carbocycles. The Hall–Kier alpha value is -2.91. The fourth-order valence-electron chi connectivity index (χ4n) is 4.02. The van der Waals surface area contributed by atoms with Gasteiger partial charge in [-0.3, -0.25) is 4.98 Å². The van der Waals surface area contributed by atoms with Gasteiger partial charge >= 0.3 is 0 Å². The number of aryl methyl sites for hydroxylation is 1. The van der Waals surface area contributed by atoms with Gasteiger partial charge in [0.2, 0.25) is 0 Å². The molecule has 2 aromatic heterocycles. The Morgan fingerprint density at radius 2 is 1.96 bits per heavy atom. The Kier molecular flexibility index (Phi) is 4.33. The second-order valence-electron chi connectivity index (χ2n) is 7.30. The molecule has 0 atom stereocenters. The summed E-state index contributed by atoms with van der Waals surface area (Å²) in [6.45, 7) is 1.91. The maximum absolute atomic E-state index is 14.7. The van der Waals surface area contributed by atoms with Gasteiger partial charge in [-0.25, -0.2) is 4.39 Å². The number of aliphatic hydroxyl groups is 1. The van der Waals surface area contributed by atoms with Crippen molar-refractivity contribution in [2.24, 2.45) is 0 Å². The minimum Gasteiger partial charge on any atom is -0.395 e. The van der Waals surface area contributed by atoms with Crippen molar-refractivity contribution < 1.29 is 9.50 Å². The number of nitrogen functional groups attached to an aromatic ring is 1. The molecule has 1 aliphatic carbocycles. The van der Waals surface area contributed by atoms with Crippen LogP contribution in [0.25, 0.3) is 22.0 Å². The molecule has 4 rings (SSSR count). The van der Waals surface area contributed by atoms with Gasteiger partial charge in [-0.15, -0.1) is 0 Å². The molecule has 0 amide bonds. The lowest BCUT2D eigenvalue weighted by molar-refractivity contribution is 0.111. The van der Waals surface area contributed by atoms with E-state index >= 15 is 0 Å². The molecule has 0 spiro atoms. The van der Waals surface area contributed by atoms with E-state index in [1.165, 1.54) is 12.4 Å². The Bertz CT molecular complexity index is 1060. The number of rotatable bonds is 2. The summed E-state index contributed by atoms with van der Waals surface area (Å²) in [6.07, 6.45) is 7.69. The minimum atomic E-state index is -0.498. The lowest BCUT2D eigenvalue weighted by Crippen LogP contribution is -2.20. The number of nitrogens with two attached hydrogens (primary N) is 1. The molecule has 0 radical (unpaired) electrons. The highest BCUT2D eigenvalue weighted by molar-refractivity contribution is 5.98. The summed E-state index contributed by atoms with van der Waals surface area (Å²) < 4.78 is 16.9. The van der Waals surface area contributed by atoms with E-state index in [4.69, 9.17) is 5.73 Å². The number of anilines is 1. The predicted octanol–water partition coefficient (Wildman–Crippen LogP) is 4.08. The second-order valence-corrected chi connectivity index (χ2v) is 7.30. The SMILES string of the molecule is Cc1cc2c(cc1C#N)c(-c1cncc(N)c1F)cn2[C@H]1CC[C@H](O)CC1. The molecule has 0 unspecified atom stereocenters. The zero-order valence-corrected chi connectivity index (χ0v) is 15.1. The number of halogens is 1. The van der Waals surface area contributed by atoms with Crippen LogP contribution >= 0.6 is 0 Å². The number of hydrogen-bond donors (Lipinski definition) is 2. The van der Waals surface area contributed by atoms with E-state index < -0.39 is 5.82 Å². The zero-order chi connectivity index (χ0) is 19.1. The first-order valence-electron chi connectivity index (χ1n) is 9.12. The summed E-state index contributed by atoms with van der Waals surface area (Å²) >= 11 is 0. The van der Waals surface area contributed by atoms with Crippen molar-refractivity contribution in [3.63, 3.8) is 0 Å². The third-order valence-electron chi connectivity index (χ3n) is 5.56. The van der Waals surface area contributed by atoms with Crippen molar-refractivity contribution in [2.45, 2.75) is 44.8 Å². The summed E-state index contributed by atoms with van der Waals surface area (Å²) in [6, 6.07) is 6.24. The molecule has 2 heterocycles. The van der Waals surface area contributed by atoms with Gasteiger partial charge < -0.3 is 15.4 Å². The first kappa shape index (κ1) is 17.5. The Morgan fingerprint density at radius 3 is 2.67 bits per heavy atom. The first-order valence-corrected chi connectivity index (χ1v) is 9.12. The number of nitriles is 1. The second kappa shape index (κ2) is 6.67. The topological polar surface area (TPSA) is 87.9 Å². The Balaban J connectivity index is 1.96. The fourth-order valence-corrected chi connectivity index (χ4v) is 4.02. The highest BCUT2D eigenvalue weighted by Gasteiger charge is 2.24. The van der Waals surface area contributed by atoms with Gasteiger partial charge in [0, 0.05) is 40.5 Å². The maximum Gasteiger partial charge on any atom is 0.157 e. The van der Waals surface area contributed by atoms with Crippen LogP contribution in [0.1, 0.15) is 42.9 Å². The van der Waals surface area contributed by atoms with Crippen LogP contribution in [-0.2, 0) is 0 Å². The molecule has 1 aliphatic rings. The maximum atomic E-state index is 14.7. The van der Waals surface area contributed by atoms with Crippen molar-refractivity contribution in [2.75, 3.05) is 5.73 Å². The molecule has 0 bridgehead atoms. The molecule has 6 heteroatoms. The molecule has 27 heavy (non-hydrogen) atoms. The van der Waals surface area contributed by atoms with Crippen molar-refractivity contribution in [1.82, 2.24) is 9.55 Å². The number of hydrogen-bond acceptors (Lipinski definition) is 4. The molecule has 1 saturated carbocycles. The van der Waals surface area contributed by atoms with E-state index in [-0.39, 0.29) is 17.8 Å². The van der Waals surface area contributed by atoms with Crippen molar-refractivity contribution in [3.05, 3.63) is 47.7 Å². The van der Waals surface area contributed by atoms with Gasteiger partial charge in [-0.2, -0.15) is 5.26 Å². The molecular weight excluding hydrogens is 343 g/mol. The Labute approximate surface area is 156 Å². The van der Waals surface area contributed by atoms with E-state index in [2.05, 4.69) is 15.6 Å². The van der Waals surface area contributed by atoms with E-state index in [0.29, 0.717) is 16.7 Å². The summed E-state index contributed by atoms with van der Waals surface area (Å²) in [7, 11) is 0. The molecule has 3 aromatic rings. The predicted molar refractivity (Wildman–Crippen MR) is 103 cm³/mol. The highest BCUT2D eigenvalue weighted by Crippen LogP contribution is 2.39. The number of aliphatic hydroxyl groups excluding tert-OH is 1. The first-order chi connectivity index (χ1) is 13.0. The standard InChI is InChI=1S/C21H21FN4O/c1-12-6-20-16(7-13(12)8-23)18(17-9-25-10-19(24)21(17)22)11-26(20)14-2-4-15(27)5-3-14/h6-7,9-11,14-15,27H,2-5,24H2,1H3/t14-,15-. The number of fused-ring (bicyclic) bond motifs is 1. The van der Waals surface area contributed by atoms with Crippen LogP contribution in [0.5, 0.6) is 0 Å². The fraction of sp³-hybridized carbons (Fsp3) is 0.333. The van der Waals surface area contributed by atoms with Gasteiger partial charge in [0.15, 0.2) is 5.82 Å². The van der Waals surface area contributed by atoms with Crippen molar-refractivity contribution >= 4 is 16.6 Å². The van der Waals surface area contributed by atoms with Gasteiger partial charge in [0.1, 0.15) is 0 Å². The molecular formula is C21H21FN4O. The molecule has 3 N–H and O–H groups in total. The summed E-state index contributed by atoms with van der Waals surface area (Å²) in [5, 5.41) is 20.1. The average molecular weight is 364 g/mol. The summed E-state index contributed by atoms with van der Waals surface area (Å²) in [5.74, 6) is -0.498.